The fourth-order valence-corrected chi connectivity index (χ4v) is 7.71. The van der Waals surface area contributed by atoms with Gasteiger partial charge in [0.1, 0.15) is 25.1 Å². The van der Waals surface area contributed by atoms with E-state index in [9.17, 15) is 24.6 Å². The van der Waals surface area contributed by atoms with Crippen LogP contribution in [0.15, 0.2) is 23.8 Å². The molecule has 1 saturated heterocycles. The number of aliphatic hydroxyl groups excluding tert-OH is 2. The Labute approximate surface area is 297 Å². The number of aldehydes is 1. The molecule has 1 saturated carbocycles. The third-order valence-corrected chi connectivity index (χ3v) is 10.5. The van der Waals surface area contributed by atoms with Gasteiger partial charge in [0, 0.05) is 50.3 Å². The van der Waals surface area contributed by atoms with Gasteiger partial charge in [-0.2, -0.15) is 0 Å². The van der Waals surface area contributed by atoms with E-state index in [0.717, 1.165) is 32.4 Å². The Hall–Kier alpha value is -2.30. The van der Waals surface area contributed by atoms with Crippen LogP contribution in [0.5, 0.6) is 11.5 Å². The second kappa shape index (κ2) is 18.6. The Bertz CT molecular complexity index is 1270. The van der Waals surface area contributed by atoms with E-state index in [1.54, 1.807) is 23.1 Å². The van der Waals surface area contributed by atoms with Gasteiger partial charge in [-0.15, -0.1) is 0 Å². The van der Waals surface area contributed by atoms with Crippen LogP contribution >= 0.6 is 22.6 Å². The monoisotopic (exact) mass is 785 g/mol. The summed E-state index contributed by atoms with van der Waals surface area (Å²) in [6.45, 7) is 9.86. The van der Waals surface area contributed by atoms with Gasteiger partial charge in [0.15, 0.2) is 11.5 Å². The number of nitrogens with zero attached hydrogens (tertiary/aromatic N) is 2. The van der Waals surface area contributed by atoms with Gasteiger partial charge < -0.3 is 39.4 Å². The number of benzene rings is 1. The van der Waals surface area contributed by atoms with Crippen molar-refractivity contribution in [3.63, 3.8) is 0 Å². The van der Waals surface area contributed by atoms with E-state index in [1.807, 2.05) is 22.6 Å². The van der Waals surface area contributed by atoms with E-state index in [4.69, 9.17) is 18.9 Å². The molecule has 13 heteroatoms. The summed E-state index contributed by atoms with van der Waals surface area (Å²) in [5.41, 5.74) is 0.727. The van der Waals surface area contributed by atoms with Crippen LogP contribution < -0.4 is 14.8 Å². The number of halogens is 1. The lowest BCUT2D eigenvalue weighted by Gasteiger charge is -2.42. The average Bonchev–Trinajstić information content (AvgIpc) is 3.08. The second-order valence-corrected chi connectivity index (χ2v) is 14.5. The van der Waals surface area contributed by atoms with Gasteiger partial charge in [-0.25, -0.2) is 0 Å². The van der Waals surface area contributed by atoms with Crippen molar-refractivity contribution in [2.75, 3.05) is 66.3 Å². The smallest absolute Gasteiger partial charge is 0.248 e. The van der Waals surface area contributed by atoms with Crippen LogP contribution in [0, 0.1) is 21.3 Å². The summed E-state index contributed by atoms with van der Waals surface area (Å²) in [4.78, 5) is 42.9. The molecule has 268 valence electrons. The topological polar surface area (TPSA) is 147 Å². The van der Waals surface area contributed by atoms with Crippen molar-refractivity contribution in [2.45, 2.75) is 70.8 Å². The number of rotatable bonds is 15. The average molecular weight is 786 g/mol. The fraction of sp³-hybridized carbons (Fsp3) is 0.686. The van der Waals surface area contributed by atoms with Crippen LogP contribution in [0.3, 0.4) is 0 Å². The summed E-state index contributed by atoms with van der Waals surface area (Å²) in [6, 6.07) is 2.38. The molecule has 1 aromatic rings. The highest BCUT2D eigenvalue weighted by atomic mass is 127. The Morgan fingerprint density at radius 3 is 2.65 bits per heavy atom. The lowest BCUT2D eigenvalue weighted by atomic mass is 9.75. The van der Waals surface area contributed by atoms with E-state index in [2.05, 4.69) is 31.0 Å². The van der Waals surface area contributed by atoms with E-state index in [-0.39, 0.29) is 38.2 Å². The molecular formula is C35H52IN3O9. The van der Waals surface area contributed by atoms with E-state index in [0.29, 0.717) is 76.5 Å². The maximum absolute atomic E-state index is 14.2. The first-order valence-electron chi connectivity index (χ1n) is 17.0. The Kier molecular flexibility index (Phi) is 14.9. The molecule has 2 aliphatic carbocycles. The van der Waals surface area contributed by atoms with Crippen molar-refractivity contribution in [1.29, 1.82) is 0 Å². The molecule has 1 heterocycles. The van der Waals surface area contributed by atoms with Gasteiger partial charge in [-0.1, -0.05) is 27.2 Å². The van der Waals surface area contributed by atoms with Gasteiger partial charge in [0.25, 0.3) is 0 Å². The van der Waals surface area contributed by atoms with Gasteiger partial charge in [0.05, 0.1) is 42.6 Å². The van der Waals surface area contributed by atoms with Crippen LogP contribution in [0.4, 0.5) is 0 Å². The zero-order chi connectivity index (χ0) is 34.8. The molecule has 0 spiro atoms. The van der Waals surface area contributed by atoms with Crippen LogP contribution in [-0.4, -0.2) is 129 Å². The third kappa shape index (κ3) is 10.1. The molecule has 0 bridgehead atoms. The first-order valence-corrected chi connectivity index (χ1v) is 18.1. The highest BCUT2D eigenvalue weighted by Gasteiger charge is 2.41. The fourth-order valence-electron chi connectivity index (χ4n) is 6.95. The number of nitrogens with one attached hydrogen (secondary N) is 1. The van der Waals surface area contributed by atoms with Crippen molar-refractivity contribution >= 4 is 40.7 Å². The van der Waals surface area contributed by atoms with Crippen LogP contribution in [0.1, 0.15) is 56.8 Å². The summed E-state index contributed by atoms with van der Waals surface area (Å²) in [5, 5.41) is 24.0. The standard InChI is InChI=1S/C35H52IN3O9/c1-22(2)26-6-5-23(3)15-29(26)47-21-32(42)39(9-8-38-10-13-46-14-11-38)28-18-25(35(44)37-7-12-40)19-30(33(28)43)48-34-27(36)16-24(20-41)17-31(34)45-4/h16-17,19-20,22-23,26,28-30,33,40,43H,5-15,18,21H2,1-4H3,(H,37,44). The SMILES string of the molecule is COc1cc(C=O)cc(I)c1OC1C=C(C(=O)NCCO)CC(N(CCN2CCOCC2)C(=O)COC2CC(C)CCC2C(C)C)C1O. The van der Waals surface area contributed by atoms with Crippen LogP contribution in [-0.2, 0) is 19.1 Å². The first-order chi connectivity index (χ1) is 23.1. The second-order valence-electron chi connectivity index (χ2n) is 13.4. The zero-order valence-electron chi connectivity index (χ0n) is 28.6. The highest BCUT2D eigenvalue weighted by molar-refractivity contribution is 14.1. The number of hydrogen-bond acceptors (Lipinski definition) is 10. The zero-order valence-corrected chi connectivity index (χ0v) is 30.7. The molecule has 48 heavy (non-hydrogen) atoms. The number of hydrogen-bond donors (Lipinski definition) is 3. The van der Waals surface area contributed by atoms with Crippen molar-refractivity contribution in [1.82, 2.24) is 15.1 Å². The number of morpholine rings is 1. The summed E-state index contributed by atoms with van der Waals surface area (Å²) in [6.07, 6.45) is 3.18. The number of aliphatic hydroxyl groups is 2. The Morgan fingerprint density at radius 1 is 1.23 bits per heavy atom. The molecule has 6 atom stereocenters. The summed E-state index contributed by atoms with van der Waals surface area (Å²) in [7, 11) is 1.46. The normalized spacial score (nSPS) is 26.5. The largest absolute Gasteiger partial charge is 0.493 e. The molecule has 3 N–H and O–H groups in total. The summed E-state index contributed by atoms with van der Waals surface area (Å²) in [5.74, 6) is 1.24. The molecule has 1 aromatic carbocycles. The van der Waals surface area contributed by atoms with Crippen molar-refractivity contribution < 1.29 is 43.5 Å². The molecule has 2 amide bonds. The number of methoxy groups -OCH3 is 1. The van der Waals surface area contributed by atoms with Crippen LogP contribution in [0.25, 0.3) is 0 Å². The van der Waals surface area contributed by atoms with Crippen molar-refractivity contribution in [2.24, 2.45) is 17.8 Å². The quantitative estimate of drug-likeness (QED) is 0.179. The highest BCUT2D eigenvalue weighted by Crippen LogP contribution is 2.38. The molecule has 6 unspecified atom stereocenters. The van der Waals surface area contributed by atoms with Gasteiger partial charge >= 0.3 is 0 Å². The third-order valence-electron chi connectivity index (χ3n) is 9.72. The number of carbonyl (C=O) groups is 3. The number of amides is 2. The number of carbonyl (C=O) groups excluding carboxylic acids is 3. The molecule has 2 fully saturated rings. The van der Waals surface area contributed by atoms with Crippen molar-refractivity contribution in [3.05, 3.63) is 32.9 Å². The minimum absolute atomic E-state index is 0.0326. The minimum Gasteiger partial charge on any atom is -0.493 e. The molecule has 12 nitrogen and oxygen atoms in total. The molecule has 4 rings (SSSR count). The van der Waals surface area contributed by atoms with Crippen molar-refractivity contribution in [3.8, 4) is 11.5 Å². The van der Waals surface area contributed by atoms with E-state index < -0.39 is 24.2 Å². The maximum Gasteiger partial charge on any atom is 0.248 e. The van der Waals surface area contributed by atoms with Gasteiger partial charge in [-0.3, -0.25) is 19.3 Å². The predicted octanol–water partition coefficient (Wildman–Crippen LogP) is 2.67. The van der Waals surface area contributed by atoms with Crippen LogP contribution in [0.2, 0.25) is 0 Å². The molecular weight excluding hydrogens is 733 g/mol. The Morgan fingerprint density at radius 2 is 1.98 bits per heavy atom. The lowest BCUT2D eigenvalue weighted by Crippen LogP contribution is -2.57. The summed E-state index contributed by atoms with van der Waals surface area (Å²) >= 11 is 2.04. The Balaban J connectivity index is 1.64. The van der Waals surface area contributed by atoms with Gasteiger partial charge in [0.2, 0.25) is 11.8 Å². The minimum atomic E-state index is -1.21. The molecule has 1 aliphatic heterocycles. The first kappa shape index (κ1) is 38.5. The van der Waals surface area contributed by atoms with E-state index >= 15 is 0 Å². The maximum atomic E-state index is 14.2. The lowest BCUT2D eigenvalue weighted by molar-refractivity contribution is -0.149. The number of ether oxygens (including phenoxy) is 4. The molecule has 3 aliphatic rings. The predicted molar refractivity (Wildman–Crippen MR) is 188 cm³/mol. The van der Waals surface area contributed by atoms with Gasteiger partial charge in [-0.05, 0) is 71.4 Å². The van der Waals surface area contributed by atoms with E-state index in [1.165, 1.54) is 7.11 Å². The summed E-state index contributed by atoms with van der Waals surface area (Å²) < 4.78 is 24.4. The molecule has 0 radical (unpaired) electrons. The molecule has 0 aromatic heterocycles.